The highest BCUT2D eigenvalue weighted by Crippen LogP contribution is 2.45. The molecule has 1 heterocycles. The Morgan fingerprint density at radius 2 is 1.95 bits per heavy atom. The van der Waals surface area contributed by atoms with Gasteiger partial charge in [-0.25, -0.2) is 18.4 Å². The number of aryl methyl sites for hydroxylation is 1. The second-order valence-electron chi connectivity index (χ2n) is 11.9. The lowest BCUT2D eigenvalue weighted by Crippen LogP contribution is -2.45. The summed E-state index contributed by atoms with van der Waals surface area (Å²) in [5.74, 6) is 0.0642. The van der Waals surface area contributed by atoms with Crippen molar-refractivity contribution < 1.29 is 28.2 Å². The van der Waals surface area contributed by atoms with Gasteiger partial charge in [-0.15, -0.1) is 0 Å². The van der Waals surface area contributed by atoms with Crippen LogP contribution in [0.1, 0.15) is 66.9 Å². The minimum atomic E-state index is -3.57. The van der Waals surface area contributed by atoms with Gasteiger partial charge in [-0.3, -0.25) is 0 Å². The maximum atomic E-state index is 11.9. The van der Waals surface area contributed by atoms with Crippen LogP contribution in [-0.2, 0) is 23.0 Å². The number of aliphatic hydroxyl groups excluding tert-OH is 1. The number of carbonyl (C=O) groups is 1. The molecule has 41 heavy (non-hydrogen) atoms. The van der Waals surface area contributed by atoms with Gasteiger partial charge in [0, 0.05) is 18.1 Å². The number of hydrogen-bond donors (Lipinski definition) is 3. The number of carboxylic acid groups (broad SMARTS) is 1. The number of fused-ring (bicyclic) bond motifs is 2. The lowest BCUT2D eigenvalue weighted by atomic mass is 9.65. The summed E-state index contributed by atoms with van der Waals surface area (Å²) in [6.07, 6.45) is 7.15. The second-order valence-corrected chi connectivity index (χ2v) is 14.3. The van der Waals surface area contributed by atoms with Crippen LogP contribution in [0.15, 0.2) is 48.0 Å². The van der Waals surface area contributed by atoms with Gasteiger partial charge < -0.3 is 19.8 Å². The standard InChI is InChI=1S/C31H39ClN2O6S/c1-19(41(33,38)39)12-20-13-25(14-20)30(35)27-9-6-24(27)18-34-17-23-5-8-26(32)15-21(23)4-2-3-11-40-29-10-7-22(31(36)37)16-28(29)34/h5,7-8,10,13,15-16,19-20,24,27,30,35H,2-4,6,9,11-12,14,17-18H2,1H3,(H,36,37)(H2,33,38,39)/t19?,20?,24-,27+,30+/m0/s1. The molecular formula is C31H39ClN2O6S. The average Bonchev–Trinajstić information content (AvgIpc) is 2.90. The largest absolute Gasteiger partial charge is 0.491 e. The van der Waals surface area contributed by atoms with Crippen molar-refractivity contribution in [1.82, 2.24) is 0 Å². The molecule has 0 radical (unpaired) electrons. The number of hydrogen-bond acceptors (Lipinski definition) is 6. The quantitative estimate of drug-likeness (QED) is 0.356. The summed E-state index contributed by atoms with van der Waals surface area (Å²) in [5.41, 5.74) is 4.25. The SMILES string of the molecule is CC(CC1C=C([C@@H](O)[C@@H]2CC[C@H]2CN2Cc3ccc(Cl)cc3CCCCOc3ccc(C(=O)O)cc32)C1)S(N)(=O)=O. The third-order valence-corrected chi connectivity index (χ3v) is 10.6. The van der Waals surface area contributed by atoms with Gasteiger partial charge in [0.2, 0.25) is 10.0 Å². The normalized spacial score (nSPS) is 24.2. The number of anilines is 1. The molecule has 2 aromatic carbocycles. The number of ether oxygens (including phenoxy) is 1. The van der Waals surface area contributed by atoms with Gasteiger partial charge >= 0.3 is 5.97 Å². The van der Waals surface area contributed by atoms with E-state index in [1.807, 2.05) is 18.2 Å². The third kappa shape index (κ3) is 6.91. The Morgan fingerprint density at radius 3 is 2.63 bits per heavy atom. The summed E-state index contributed by atoms with van der Waals surface area (Å²) >= 11 is 6.36. The zero-order valence-corrected chi connectivity index (χ0v) is 24.9. The van der Waals surface area contributed by atoms with Gasteiger partial charge in [0.05, 0.1) is 29.2 Å². The van der Waals surface area contributed by atoms with Gasteiger partial charge in [0.25, 0.3) is 0 Å². The molecule has 2 unspecified atom stereocenters. The highest BCUT2D eigenvalue weighted by atomic mass is 35.5. The Hall–Kier alpha value is -2.59. The van der Waals surface area contributed by atoms with Crippen molar-refractivity contribution in [2.24, 2.45) is 22.9 Å². The number of allylic oxidation sites excluding steroid dienone is 1. The fourth-order valence-corrected chi connectivity index (χ4v) is 7.06. The van der Waals surface area contributed by atoms with Gasteiger partial charge in [-0.05, 0) is 117 Å². The molecule has 4 N–H and O–H groups in total. The van der Waals surface area contributed by atoms with E-state index < -0.39 is 27.3 Å². The monoisotopic (exact) mass is 602 g/mol. The topological polar surface area (TPSA) is 130 Å². The molecule has 2 aliphatic carbocycles. The average molecular weight is 603 g/mol. The molecule has 2 aromatic rings. The van der Waals surface area contributed by atoms with Crippen molar-refractivity contribution in [2.75, 3.05) is 18.1 Å². The Morgan fingerprint density at radius 1 is 1.17 bits per heavy atom. The molecule has 0 bridgehead atoms. The molecule has 3 aliphatic rings. The third-order valence-electron chi connectivity index (χ3n) is 9.03. The van der Waals surface area contributed by atoms with Crippen LogP contribution in [0.4, 0.5) is 5.69 Å². The smallest absolute Gasteiger partial charge is 0.335 e. The van der Waals surface area contributed by atoms with Crippen LogP contribution in [0, 0.1) is 17.8 Å². The lowest BCUT2D eigenvalue weighted by Gasteiger charge is -2.45. The Kier molecular flexibility index (Phi) is 8.99. The van der Waals surface area contributed by atoms with Crippen LogP contribution < -0.4 is 14.8 Å². The Bertz CT molecular complexity index is 1430. The summed E-state index contributed by atoms with van der Waals surface area (Å²) in [7, 11) is -3.57. The number of aliphatic hydroxyl groups is 1. The van der Waals surface area contributed by atoms with Crippen molar-refractivity contribution in [3.8, 4) is 5.75 Å². The fourth-order valence-electron chi connectivity index (χ4n) is 6.35. The number of sulfonamides is 1. The maximum Gasteiger partial charge on any atom is 0.335 e. The first-order chi connectivity index (χ1) is 19.5. The molecule has 5 rings (SSSR count). The molecule has 0 aromatic heterocycles. The predicted molar refractivity (Wildman–Crippen MR) is 160 cm³/mol. The molecule has 10 heteroatoms. The predicted octanol–water partition coefficient (Wildman–Crippen LogP) is 5.16. The number of halogens is 1. The first-order valence-corrected chi connectivity index (χ1v) is 16.4. The number of carboxylic acids is 1. The minimum Gasteiger partial charge on any atom is -0.491 e. The summed E-state index contributed by atoms with van der Waals surface area (Å²) in [6, 6.07) is 11.0. The summed E-state index contributed by atoms with van der Waals surface area (Å²) in [4.78, 5) is 14.1. The van der Waals surface area contributed by atoms with E-state index in [4.69, 9.17) is 21.5 Å². The molecule has 1 aliphatic heterocycles. The van der Waals surface area contributed by atoms with Gasteiger partial charge in [-0.1, -0.05) is 23.7 Å². The van der Waals surface area contributed by atoms with Crippen molar-refractivity contribution in [1.29, 1.82) is 0 Å². The minimum absolute atomic E-state index is 0.0766. The molecule has 0 saturated heterocycles. The molecule has 1 fully saturated rings. The van der Waals surface area contributed by atoms with E-state index in [0.717, 1.165) is 48.9 Å². The highest BCUT2D eigenvalue weighted by molar-refractivity contribution is 7.89. The zero-order valence-electron chi connectivity index (χ0n) is 23.3. The molecule has 8 nitrogen and oxygen atoms in total. The second kappa shape index (κ2) is 12.3. The maximum absolute atomic E-state index is 11.9. The van der Waals surface area contributed by atoms with E-state index in [9.17, 15) is 23.4 Å². The van der Waals surface area contributed by atoms with Crippen LogP contribution in [0.5, 0.6) is 5.75 Å². The summed E-state index contributed by atoms with van der Waals surface area (Å²) < 4.78 is 29.4. The molecular weight excluding hydrogens is 564 g/mol. The first kappa shape index (κ1) is 29.9. The van der Waals surface area contributed by atoms with Gasteiger partial charge in [0.15, 0.2) is 0 Å². The van der Waals surface area contributed by atoms with E-state index in [0.29, 0.717) is 43.3 Å². The summed E-state index contributed by atoms with van der Waals surface area (Å²) in [5, 5.41) is 26.4. The fraction of sp³-hybridized carbons (Fsp3) is 0.516. The van der Waals surface area contributed by atoms with Crippen LogP contribution in [0.3, 0.4) is 0 Å². The number of nitrogens with two attached hydrogens (primary N) is 1. The van der Waals surface area contributed by atoms with E-state index in [1.165, 1.54) is 5.56 Å². The molecule has 222 valence electrons. The van der Waals surface area contributed by atoms with Crippen LogP contribution in [0.25, 0.3) is 0 Å². The summed E-state index contributed by atoms with van der Waals surface area (Å²) in [6.45, 7) is 3.37. The van der Waals surface area contributed by atoms with E-state index in [1.54, 1.807) is 25.1 Å². The lowest BCUT2D eigenvalue weighted by molar-refractivity contribution is 0.0323. The number of aromatic carboxylic acids is 1. The molecule has 1 saturated carbocycles. The number of primary sulfonamides is 1. The van der Waals surface area contributed by atoms with Crippen molar-refractivity contribution in [3.05, 3.63) is 69.8 Å². The zero-order chi connectivity index (χ0) is 29.3. The number of nitrogens with zero attached hydrogens (tertiary/aromatic N) is 1. The van der Waals surface area contributed by atoms with Crippen molar-refractivity contribution in [3.63, 3.8) is 0 Å². The highest BCUT2D eigenvalue weighted by Gasteiger charge is 2.41. The van der Waals surface area contributed by atoms with E-state index in [-0.39, 0.29) is 23.3 Å². The molecule has 0 amide bonds. The number of rotatable bonds is 8. The van der Waals surface area contributed by atoms with Gasteiger partial charge in [0.1, 0.15) is 5.75 Å². The molecule has 0 spiro atoms. The Balaban J connectivity index is 1.39. The van der Waals surface area contributed by atoms with E-state index >= 15 is 0 Å². The molecule has 5 atom stereocenters. The van der Waals surface area contributed by atoms with Gasteiger partial charge in [-0.2, -0.15) is 0 Å². The van der Waals surface area contributed by atoms with Crippen LogP contribution in [-0.4, -0.2) is 49.1 Å². The van der Waals surface area contributed by atoms with Crippen LogP contribution >= 0.6 is 11.6 Å². The van der Waals surface area contributed by atoms with E-state index in [2.05, 4.69) is 11.0 Å². The van der Waals surface area contributed by atoms with Crippen molar-refractivity contribution in [2.45, 2.75) is 69.8 Å². The Labute approximate surface area is 247 Å². The first-order valence-electron chi connectivity index (χ1n) is 14.4. The van der Waals surface area contributed by atoms with Crippen LogP contribution in [0.2, 0.25) is 5.02 Å². The van der Waals surface area contributed by atoms with Crippen molar-refractivity contribution >= 4 is 33.3 Å². The number of benzene rings is 2.